The zero-order chi connectivity index (χ0) is 13.2. The van der Waals surface area contributed by atoms with Crippen molar-refractivity contribution >= 4 is 11.8 Å². The molecule has 18 heavy (non-hydrogen) atoms. The first-order chi connectivity index (χ1) is 8.46. The van der Waals surface area contributed by atoms with E-state index in [0.717, 1.165) is 22.9 Å². The summed E-state index contributed by atoms with van der Waals surface area (Å²) in [4.78, 5) is 15.4. The summed E-state index contributed by atoms with van der Waals surface area (Å²) in [7, 11) is 0. The molecular formula is C11H7F3N2OS. The molecule has 0 N–H and O–H groups in total. The number of nitrogens with zero attached hydrogens (tertiary/aromatic N) is 2. The quantitative estimate of drug-likeness (QED) is 0.788. The highest BCUT2D eigenvalue weighted by atomic mass is 32.2. The van der Waals surface area contributed by atoms with E-state index in [-0.39, 0.29) is 22.5 Å². The summed E-state index contributed by atoms with van der Waals surface area (Å²) in [5.74, 6) is 0.284. The van der Waals surface area contributed by atoms with E-state index in [0.29, 0.717) is 0 Å². The molecule has 0 amide bonds. The minimum absolute atomic E-state index is 0.0623. The molecule has 2 aromatic rings. The molecule has 7 heteroatoms. The monoisotopic (exact) mass is 272 g/mol. The average molecular weight is 272 g/mol. The van der Waals surface area contributed by atoms with Crippen LogP contribution in [0, 0.1) is 0 Å². The van der Waals surface area contributed by atoms with Gasteiger partial charge in [0.25, 0.3) is 5.56 Å². The number of hydrogen-bond acceptors (Lipinski definition) is 3. The van der Waals surface area contributed by atoms with Crippen molar-refractivity contribution in [2.45, 2.75) is 10.4 Å². The van der Waals surface area contributed by atoms with E-state index in [9.17, 15) is 18.0 Å². The molecule has 2 rings (SSSR count). The van der Waals surface area contributed by atoms with Crippen molar-refractivity contribution < 1.29 is 13.2 Å². The van der Waals surface area contributed by atoms with Gasteiger partial charge in [0, 0.05) is 23.4 Å². The Bertz CT molecular complexity index is 595. The molecule has 94 valence electrons. The first-order valence-corrected chi connectivity index (χ1v) is 5.67. The van der Waals surface area contributed by atoms with Crippen molar-refractivity contribution in [2.24, 2.45) is 0 Å². The fourth-order valence-corrected chi connectivity index (χ4v) is 1.90. The van der Waals surface area contributed by atoms with E-state index in [1.165, 1.54) is 6.20 Å². The van der Waals surface area contributed by atoms with Crippen LogP contribution in [0.5, 0.6) is 0 Å². The lowest BCUT2D eigenvalue weighted by Crippen LogP contribution is -2.17. The van der Waals surface area contributed by atoms with Gasteiger partial charge in [-0.2, -0.15) is 13.2 Å². The molecule has 0 saturated carbocycles. The van der Waals surface area contributed by atoms with Gasteiger partial charge in [0.1, 0.15) is 5.82 Å². The molecule has 0 fully saturated rings. The molecule has 0 bridgehead atoms. The molecule has 0 aliphatic carbocycles. The minimum Gasteiger partial charge on any atom is -0.269 e. The van der Waals surface area contributed by atoms with Crippen LogP contribution in [0.2, 0.25) is 0 Å². The van der Waals surface area contributed by atoms with Crippen LogP contribution in [0.1, 0.15) is 0 Å². The smallest absolute Gasteiger partial charge is 0.269 e. The first-order valence-electron chi connectivity index (χ1n) is 4.85. The van der Waals surface area contributed by atoms with Gasteiger partial charge in [-0.05, 0) is 30.0 Å². The minimum atomic E-state index is -4.38. The number of pyridine rings is 2. The maximum absolute atomic E-state index is 12.2. The predicted octanol–water partition coefficient (Wildman–Crippen LogP) is 2.84. The number of hydrogen-bond donors (Lipinski definition) is 0. The number of thioether (sulfide) groups is 1. The third-order valence-electron chi connectivity index (χ3n) is 2.01. The van der Waals surface area contributed by atoms with Gasteiger partial charge in [-0.1, -0.05) is 6.07 Å². The highest BCUT2D eigenvalue weighted by Gasteiger charge is 2.29. The fraction of sp³-hybridized carbons (Fsp3) is 0.0909. The summed E-state index contributed by atoms with van der Waals surface area (Å²) in [6.07, 6.45) is 2.59. The average Bonchev–Trinajstić information content (AvgIpc) is 2.31. The van der Waals surface area contributed by atoms with Gasteiger partial charge >= 0.3 is 5.51 Å². The highest BCUT2D eigenvalue weighted by molar-refractivity contribution is 8.00. The van der Waals surface area contributed by atoms with E-state index in [4.69, 9.17) is 0 Å². The van der Waals surface area contributed by atoms with Gasteiger partial charge in [-0.25, -0.2) is 4.98 Å². The van der Waals surface area contributed by atoms with E-state index in [1.54, 1.807) is 18.2 Å². The Morgan fingerprint density at radius 3 is 2.56 bits per heavy atom. The predicted molar refractivity (Wildman–Crippen MR) is 61.7 cm³/mol. The van der Waals surface area contributed by atoms with E-state index >= 15 is 0 Å². The second kappa shape index (κ2) is 4.85. The first kappa shape index (κ1) is 12.7. The zero-order valence-corrected chi connectivity index (χ0v) is 9.70. The van der Waals surface area contributed by atoms with Crippen molar-refractivity contribution in [2.75, 3.05) is 0 Å². The van der Waals surface area contributed by atoms with Crippen molar-refractivity contribution in [3.8, 4) is 5.82 Å². The highest BCUT2D eigenvalue weighted by Crippen LogP contribution is 2.36. The molecule has 0 aromatic carbocycles. The third-order valence-corrected chi connectivity index (χ3v) is 2.72. The standard InChI is InChI=1S/C11H7F3N2OS/c12-11(13,14)18-8-4-5-10(17)16(7-8)9-3-1-2-6-15-9/h1-7H. The maximum atomic E-state index is 12.2. The molecule has 2 aromatic heterocycles. The van der Waals surface area contributed by atoms with Crippen molar-refractivity contribution in [3.63, 3.8) is 0 Å². The molecule has 0 aliphatic rings. The Kier molecular flexibility index (Phi) is 3.42. The summed E-state index contributed by atoms with van der Waals surface area (Å²) in [5.41, 5.74) is -4.81. The van der Waals surface area contributed by atoms with Crippen LogP contribution < -0.4 is 5.56 Å². The normalized spacial score (nSPS) is 11.5. The van der Waals surface area contributed by atoms with E-state index < -0.39 is 11.1 Å². The van der Waals surface area contributed by atoms with Crippen LogP contribution in [0.15, 0.2) is 52.4 Å². The van der Waals surface area contributed by atoms with Crippen LogP contribution in [0.4, 0.5) is 13.2 Å². The number of halogens is 3. The Morgan fingerprint density at radius 1 is 1.17 bits per heavy atom. The molecule has 0 spiro atoms. The second-order valence-electron chi connectivity index (χ2n) is 3.31. The van der Waals surface area contributed by atoms with Gasteiger partial charge in [0.05, 0.1) is 0 Å². The van der Waals surface area contributed by atoms with Crippen molar-refractivity contribution in [3.05, 3.63) is 53.1 Å². The SMILES string of the molecule is O=c1ccc(SC(F)(F)F)cn1-c1ccccn1. The van der Waals surface area contributed by atoms with Crippen LogP contribution in [0.3, 0.4) is 0 Å². The molecule has 2 heterocycles. The van der Waals surface area contributed by atoms with Crippen LogP contribution in [0.25, 0.3) is 5.82 Å². The van der Waals surface area contributed by atoms with E-state index in [2.05, 4.69) is 4.98 Å². The lowest BCUT2D eigenvalue weighted by molar-refractivity contribution is -0.0328. The Balaban J connectivity index is 2.43. The lowest BCUT2D eigenvalue weighted by Gasteiger charge is -2.08. The molecule has 0 saturated heterocycles. The molecular weight excluding hydrogens is 265 g/mol. The Labute approximate surface area is 104 Å². The summed E-state index contributed by atoms with van der Waals surface area (Å²) < 4.78 is 37.8. The molecule has 0 radical (unpaired) electrons. The third kappa shape index (κ3) is 3.13. The lowest BCUT2D eigenvalue weighted by atomic mass is 10.4. The zero-order valence-electron chi connectivity index (χ0n) is 8.89. The van der Waals surface area contributed by atoms with Gasteiger partial charge in [0.2, 0.25) is 0 Å². The Morgan fingerprint density at radius 2 is 1.94 bits per heavy atom. The van der Waals surface area contributed by atoms with Crippen molar-refractivity contribution in [1.29, 1.82) is 0 Å². The topological polar surface area (TPSA) is 34.9 Å². The van der Waals surface area contributed by atoms with Gasteiger partial charge in [-0.15, -0.1) is 0 Å². The summed E-state index contributed by atoms with van der Waals surface area (Å²) in [5, 5.41) is 0. The van der Waals surface area contributed by atoms with Crippen LogP contribution in [-0.2, 0) is 0 Å². The van der Waals surface area contributed by atoms with Crippen LogP contribution in [-0.4, -0.2) is 15.1 Å². The van der Waals surface area contributed by atoms with Gasteiger partial charge in [0.15, 0.2) is 0 Å². The maximum Gasteiger partial charge on any atom is 0.446 e. The number of rotatable bonds is 2. The van der Waals surface area contributed by atoms with E-state index in [1.807, 2.05) is 0 Å². The summed E-state index contributed by atoms with van der Waals surface area (Å²) in [6, 6.07) is 7.08. The fourth-order valence-electron chi connectivity index (χ4n) is 1.34. The molecule has 3 nitrogen and oxygen atoms in total. The van der Waals surface area contributed by atoms with Gasteiger partial charge in [-0.3, -0.25) is 9.36 Å². The molecule has 0 aliphatic heterocycles. The Hall–Kier alpha value is -1.76. The number of alkyl halides is 3. The molecule has 0 unspecified atom stereocenters. The molecule has 0 atom stereocenters. The van der Waals surface area contributed by atoms with Crippen molar-refractivity contribution in [1.82, 2.24) is 9.55 Å². The van der Waals surface area contributed by atoms with Crippen LogP contribution >= 0.6 is 11.8 Å². The second-order valence-corrected chi connectivity index (χ2v) is 4.45. The van der Waals surface area contributed by atoms with Gasteiger partial charge < -0.3 is 0 Å². The number of aromatic nitrogens is 2. The summed E-state index contributed by atoms with van der Waals surface area (Å²) >= 11 is -0.269. The summed E-state index contributed by atoms with van der Waals surface area (Å²) in [6.45, 7) is 0. The largest absolute Gasteiger partial charge is 0.446 e.